The van der Waals surface area contributed by atoms with Crippen LogP contribution in [0.15, 0.2) is 0 Å². The average Bonchev–Trinajstić information content (AvgIpc) is 3.25. The maximum atomic E-state index is 12.0. The highest BCUT2D eigenvalue weighted by Gasteiger charge is 2.42. The van der Waals surface area contributed by atoms with Crippen LogP contribution in [0.4, 0.5) is 4.79 Å². The third-order valence-corrected chi connectivity index (χ3v) is 4.38. The molecule has 0 aromatic carbocycles. The van der Waals surface area contributed by atoms with Crippen molar-refractivity contribution < 1.29 is 14.7 Å². The number of rotatable bonds is 9. The molecule has 2 rings (SSSR count). The van der Waals surface area contributed by atoms with Gasteiger partial charge in [-0.15, -0.1) is 0 Å². The highest BCUT2D eigenvalue weighted by atomic mass is 16.4. The van der Waals surface area contributed by atoms with Crippen molar-refractivity contribution >= 4 is 12.0 Å². The number of carboxylic acid groups (broad SMARTS) is 1. The standard InChI is InChI=1S/C16H28N2O3/c1-10(2)7-11(8-14(19)20)9-17-16(21)18-15(12-3-4-12)13-5-6-13/h10-13,15H,3-9H2,1-2H3,(H,19,20)(H2,17,18,21)/t11-/m0/s1. The summed E-state index contributed by atoms with van der Waals surface area (Å²) in [6.07, 6.45) is 5.87. The summed E-state index contributed by atoms with van der Waals surface area (Å²) in [7, 11) is 0. The van der Waals surface area contributed by atoms with Crippen LogP contribution >= 0.6 is 0 Å². The van der Waals surface area contributed by atoms with E-state index >= 15 is 0 Å². The van der Waals surface area contributed by atoms with Gasteiger partial charge in [-0.25, -0.2) is 4.79 Å². The van der Waals surface area contributed by atoms with Crippen LogP contribution in [0.3, 0.4) is 0 Å². The zero-order chi connectivity index (χ0) is 15.4. The predicted molar refractivity (Wildman–Crippen MR) is 81.0 cm³/mol. The second kappa shape index (κ2) is 7.14. The first-order valence-corrected chi connectivity index (χ1v) is 8.21. The van der Waals surface area contributed by atoms with E-state index in [-0.39, 0.29) is 18.4 Å². The number of nitrogens with one attached hydrogen (secondary N) is 2. The van der Waals surface area contributed by atoms with Gasteiger partial charge in [-0.05, 0) is 55.8 Å². The first-order valence-electron chi connectivity index (χ1n) is 8.21. The van der Waals surface area contributed by atoms with Gasteiger partial charge in [0.05, 0.1) is 0 Å². The third kappa shape index (κ3) is 5.94. The Morgan fingerprint density at radius 1 is 1.14 bits per heavy atom. The molecule has 0 aromatic rings. The average molecular weight is 296 g/mol. The fourth-order valence-corrected chi connectivity index (χ4v) is 3.12. The van der Waals surface area contributed by atoms with Gasteiger partial charge in [-0.3, -0.25) is 4.79 Å². The van der Waals surface area contributed by atoms with Gasteiger partial charge in [0, 0.05) is 19.0 Å². The Kier molecular flexibility index (Phi) is 5.48. The second-order valence-electron chi connectivity index (χ2n) is 7.15. The quantitative estimate of drug-likeness (QED) is 0.612. The minimum absolute atomic E-state index is 0.00792. The molecule has 21 heavy (non-hydrogen) atoms. The van der Waals surface area contributed by atoms with Crippen LogP contribution in [0.5, 0.6) is 0 Å². The molecular formula is C16H28N2O3. The topological polar surface area (TPSA) is 78.4 Å². The number of hydrogen-bond acceptors (Lipinski definition) is 2. The van der Waals surface area contributed by atoms with Crippen molar-refractivity contribution in [2.45, 2.75) is 58.4 Å². The Hall–Kier alpha value is -1.26. The van der Waals surface area contributed by atoms with E-state index in [1.54, 1.807) is 0 Å². The van der Waals surface area contributed by atoms with Gasteiger partial charge in [0.1, 0.15) is 0 Å². The van der Waals surface area contributed by atoms with Crippen molar-refractivity contribution in [1.82, 2.24) is 10.6 Å². The molecule has 1 atom stereocenters. The molecular weight excluding hydrogens is 268 g/mol. The Morgan fingerprint density at radius 3 is 2.14 bits per heavy atom. The van der Waals surface area contributed by atoms with Crippen LogP contribution in [-0.4, -0.2) is 29.7 Å². The minimum Gasteiger partial charge on any atom is -0.481 e. The van der Waals surface area contributed by atoms with E-state index in [2.05, 4.69) is 24.5 Å². The summed E-state index contributed by atoms with van der Waals surface area (Å²) >= 11 is 0. The number of carboxylic acids is 1. The molecule has 2 fully saturated rings. The molecule has 120 valence electrons. The molecule has 2 amide bonds. The monoisotopic (exact) mass is 296 g/mol. The normalized spacial score (nSPS) is 19.6. The van der Waals surface area contributed by atoms with Crippen LogP contribution in [0, 0.1) is 23.7 Å². The lowest BCUT2D eigenvalue weighted by Crippen LogP contribution is -2.45. The Balaban J connectivity index is 1.73. The Morgan fingerprint density at radius 2 is 1.71 bits per heavy atom. The van der Waals surface area contributed by atoms with Gasteiger partial charge in [0.2, 0.25) is 0 Å². The maximum absolute atomic E-state index is 12.0. The Labute approximate surface area is 126 Å². The number of carbonyl (C=O) groups is 2. The smallest absolute Gasteiger partial charge is 0.315 e. The molecule has 0 saturated heterocycles. The van der Waals surface area contributed by atoms with Crippen LogP contribution in [-0.2, 0) is 4.79 Å². The van der Waals surface area contributed by atoms with E-state index < -0.39 is 5.97 Å². The van der Waals surface area contributed by atoms with E-state index in [1.165, 1.54) is 25.7 Å². The maximum Gasteiger partial charge on any atom is 0.315 e. The zero-order valence-electron chi connectivity index (χ0n) is 13.1. The van der Waals surface area contributed by atoms with Crippen LogP contribution in [0.1, 0.15) is 52.4 Å². The van der Waals surface area contributed by atoms with Gasteiger partial charge in [-0.1, -0.05) is 13.8 Å². The van der Waals surface area contributed by atoms with E-state index in [0.717, 1.165) is 6.42 Å². The molecule has 0 aliphatic heterocycles. The third-order valence-electron chi connectivity index (χ3n) is 4.38. The fraction of sp³-hybridized carbons (Fsp3) is 0.875. The fourth-order valence-electron chi connectivity index (χ4n) is 3.12. The van der Waals surface area contributed by atoms with Crippen LogP contribution < -0.4 is 10.6 Å². The van der Waals surface area contributed by atoms with Gasteiger partial charge in [-0.2, -0.15) is 0 Å². The number of hydrogen-bond donors (Lipinski definition) is 3. The molecule has 5 heteroatoms. The number of aliphatic carboxylic acids is 1. The highest BCUT2D eigenvalue weighted by Crippen LogP contribution is 2.44. The van der Waals surface area contributed by atoms with E-state index in [4.69, 9.17) is 5.11 Å². The molecule has 2 aliphatic rings. The van der Waals surface area contributed by atoms with Crippen LogP contribution in [0.25, 0.3) is 0 Å². The molecule has 0 radical (unpaired) electrons. The molecule has 5 nitrogen and oxygen atoms in total. The molecule has 2 saturated carbocycles. The first-order chi connectivity index (χ1) is 9.95. The van der Waals surface area contributed by atoms with Crippen LogP contribution in [0.2, 0.25) is 0 Å². The van der Waals surface area contributed by atoms with E-state index in [0.29, 0.717) is 30.3 Å². The molecule has 0 spiro atoms. The Bertz CT molecular complexity index is 364. The summed E-state index contributed by atoms with van der Waals surface area (Å²) in [5.41, 5.74) is 0. The lowest BCUT2D eigenvalue weighted by Gasteiger charge is -2.21. The number of amides is 2. The zero-order valence-corrected chi connectivity index (χ0v) is 13.1. The van der Waals surface area contributed by atoms with Crippen molar-refractivity contribution in [3.05, 3.63) is 0 Å². The van der Waals surface area contributed by atoms with Crippen molar-refractivity contribution in [3.63, 3.8) is 0 Å². The van der Waals surface area contributed by atoms with Gasteiger partial charge >= 0.3 is 12.0 Å². The summed E-state index contributed by atoms with van der Waals surface area (Å²) in [5, 5.41) is 14.9. The summed E-state index contributed by atoms with van der Waals surface area (Å²) < 4.78 is 0. The second-order valence-corrected chi connectivity index (χ2v) is 7.15. The van der Waals surface area contributed by atoms with E-state index in [9.17, 15) is 9.59 Å². The molecule has 0 unspecified atom stereocenters. The molecule has 0 heterocycles. The van der Waals surface area contributed by atoms with Gasteiger partial charge < -0.3 is 15.7 Å². The van der Waals surface area contributed by atoms with Crippen molar-refractivity contribution in [2.24, 2.45) is 23.7 Å². The van der Waals surface area contributed by atoms with Gasteiger partial charge in [0.25, 0.3) is 0 Å². The molecule has 0 aromatic heterocycles. The summed E-state index contributed by atoms with van der Waals surface area (Å²) in [6.45, 7) is 4.59. The van der Waals surface area contributed by atoms with Crippen molar-refractivity contribution in [2.75, 3.05) is 6.54 Å². The number of carbonyl (C=O) groups excluding carboxylic acids is 1. The first kappa shape index (κ1) is 16.1. The van der Waals surface area contributed by atoms with Crippen molar-refractivity contribution in [3.8, 4) is 0 Å². The molecule has 2 aliphatic carbocycles. The summed E-state index contributed by atoms with van der Waals surface area (Å²) in [5.74, 6) is 0.998. The molecule has 3 N–H and O–H groups in total. The minimum atomic E-state index is -0.795. The molecule has 0 bridgehead atoms. The highest BCUT2D eigenvalue weighted by molar-refractivity contribution is 5.74. The van der Waals surface area contributed by atoms with Crippen molar-refractivity contribution in [1.29, 1.82) is 0 Å². The van der Waals surface area contributed by atoms with Gasteiger partial charge in [0.15, 0.2) is 0 Å². The lowest BCUT2D eigenvalue weighted by molar-refractivity contribution is -0.138. The van der Waals surface area contributed by atoms with E-state index in [1.807, 2.05) is 0 Å². The largest absolute Gasteiger partial charge is 0.481 e. The lowest BCUT2D eigenvalue weighted by atomic mass is 9.94. The SMILES string of the molecule is CC(C)C[C@H](CNC(=O)NC(C1CC1)C1CC1)CC(=O)O. The summed E-state index contributed by atoms with van der Waals surface area (Å²) in [6, 6.07) is 0.214. The number of urea groups is 1. The predicted octanol–water partition coefficient (Wildman–Crippen LogP) is 2.61. The summed E-state index contributed by atoms with van der Waals surface area (Å²) in [4.78, 5) is 22.9.